The van der Waals surface area contributed by atoms with Crippen molar-refractivity contribution in [3.8, 4) is 0 Å². The predicted octanol–water partition coefficient (Wildman–Crippen LogP) is -0.0118. The first-order valence-electron chi connectivity index (χ1n) is 5.93. The summed E-state index contributed by atoms with van der Waals surface area (Å²) < 4.78 is 21.7. The summed E-state index contributed by atoms with van der Waals surface area (Å²) in [5.74, 6) is 0. The van der Waals surface area contributed by atoms with Gasteiger partial charge in [-0.05, 0) is 11.1 Å². The number of phosphoric ester groups is 1. The average Bonchev–Trinajstić information content (AvgIpc) is 2.77. The molecule has 1 fully saturated rings. The van der Waals surface area contributed by atoms with E-state index in [0.717, 1.165) is 11.1 Å². The van der Waals surface area contributed by atoms with E-state index in [0.29, 0.717) is 0 Å². The summed E-state index contributed by atoms with van der Waals surface area (Å²) in [6, 6.07) is 18.4. The molecule has 4 nitrogen and oxygen atoms in total. The average molecular weight is 298 g/mol. The van der Waals surface area contributed by atoms with Crippen LogP contribution in [-0.2, 0) is 13.6 Å². The normalized spacial score (nSPS) is 28.9. The van der Waals surface area contributed by atoms with E-state index in [1.165, 1.54) is 0 Å². The molecule has 0 aromatic heterocycles. The molecule has 0 bridgehead atoms. The molecule has 1 aliphatic heterocycles. The van der Waals surface area contributed by atoms with Gasteiger partial charge >= 0.3 is 29.6 Å². The Balaban J connectivity index is 0.00000147. The Bertz CT molecular complexity index is 554. The van der Waals surface area contributed by atoms with E-state index in [9.17, 15) is 9.46 Å². The quantitative estimate of drug-likeness (QED) is 0.578. The van der Waals surface area contributed by atoms with E-state index in [4.69, 9.17) is 9.05 Å². The maximum atomic E-state index is 11.6. The molecule has 0 saturated carbocycles. The topological polar surface area (TPSA) is 58.6 Å². The molecule has 2 aromatic rings. The number of hydrogen-bond donors (Lipinski definition) is 0. The van der Waals surface area contributed by atoms with E-state index in [1.54, 1.807) is 0 Å². The van der Waals surface area contributed by atoms with Crippen LogP contribution in [0.3, 0.4) is 0 Å². The van der Waals surface area contributed by atoms with Crippen LogP contribution < -0.4 is 34.5 Å². The van der Waals surface area contributed by atoms with Crippen LogP contribution in [0.15, 0.2) is 60.7 Å². The summed E-state index contributed by atoms with van der Waals surface area (Å²) in [6.45, 7) is 0. The second-order valence-corrected chi connectivity index (χ2v) is 5.64. The fraction of sp³-hybridized carbons (Fsp3) is 0.143. The zero-order valence-electron chi connectivity index (χ0n) is 11.0. The van der Waals surface area contributed by atoms with Gasteiger partial charge in [-0.3, -0.25) is 4.57 Å². The minimum atomic E-state index is -4.24. The smallest absolute Gasteiger partial charge is 0.756 e. The van der Waals surface area contributed by atoms with Crippen molar-refractivity contribution in [1.29, 1.82) is 0 Å². The van der Waals surface area contributed by atoms with Gasteiger partial charge in [-0.1, -0.05) is 60.7 Å². The van der Waals surface area contributed by atoms with Crippen LogP contribution in [0.5, 0.6) is 0 Å². The van der Waals surface area contributed by atoms with Crippen molar-refractivity contribution in [1.82, 2.24) is 0 Å². The molecule has 6 heteroatoms. The maximum Gasteiger partial charge on any atom is 1.00 e. The molecule has 20 heavy (non-hydrogen) atoms. The molecule has 1 aliphatic rings. The Morgan fingerprint density at radius 2 is 1.15 bits per heavy atom. The molecule has 1 saturated heterocycles. The van der Waals surface area contributed by atoms with Crippen LogP contribution in [-0.4, -0.2) is 0 Å². The molecule has 2 atom stereocenters. The largest absolute Gasteiger partial charge is 1.00 e. The number of phosphoric acid groups is 1. The molecule has 1 heterocycles. The second kappa shape index (κ2) is 6.54. The Hall–Kier alpha value is -0.450. The van der Waals surface area contributed by atoms with Crippen LogP contribution in [0.2, 0.25) is 0 Å². The Kier molecular flexibility index (Phi) is 5.21. The number of hydrogen-bond acceptors (Lipinski definition) is 4. The summed E-state index contributed by atoms with van der Waals surface area (Å²) >= 11 is 0. The predicted molar refractivity (Wildman–Crippen MR) is 68.1 cm³/mol. The van der Waals surface area contributed by atoms with Gasteiger partial charge in [0.25, 0.3) is 7.82 Å². The monoisotopic (exact) mass is 298 g/mol. The molecule has 98 valence electrons. The van der Waals surface area contributed by atoms with Gasteiger partial charge in [-0.15, -0.1) is 0 Å². The van der Waals surface area contributed by atoms with Gasteiger partial charge in [-0.25, -0.2) is 0 Å². The third-order valence-electron chi connectivity index (χ3n) is 3.02. The summed E-state index contributed by atoms with van der Waals surface area (Å²) in [6.07, 6.45) is -1.26. The maximum absolute atomic E-state index is 11.6. The van der Waals surface area contributed by atoms with Crippen LogP contribution in [0, 0.1) is 0 Å². The van der Waals surface area contributed by atoms with Crippen molar-refractivity contribution < 1.29 is 48.1 Å². The van der Waals surface area contributed by atoms with Gasteiger partial charge in [0.2, 0.25) is 0 Å². The Morgan fingerprint density at radius 1 is 0.800 bits per heavy atom. The first-order valence-corrected chi connectivity index (χ1v) is 7.39. The minimum Gasteiger partial charge on any atom is -0.756 e. The molecule has 0 aliphatic carbocycles. The van der Waals surface area contributed by atoms with Gasteiger partial charge in [0, 0.05) is 0 Å². The van der Waals surface area contributed by atoms with Crippen molar-refractivity contribution in [3.63, 3.8) is 0 Å². The molecule has 3 rings (SSSR count). The first-order chi connectivity index (χ1) is 9.16. The van der Waals surface area contributed by atoms with Crippen molar-refractivity contribution in [3.05, 3.63) is 71.8 Å². The SMILES string of the molecule is O=P1([O-])OC(c2ccccc2)C(c2ccccc2)O1.[Na+]. The van der Waals surface area contributed by atoms with Crippen molar-refractivity contribution in [2.24, 2.45) is 0 Å². The van der Waals surface area contributed by atoms with Gasteiger partial charge < -0.3 is 13.9 Å². The second-order valence-electron chi connectivity index (χ2n) is 4.32. The zero-order valence-corrected chi connectivity index (χ0v) is 13.9. The molecule has 2 unspecified atom stereocenters. The summed E-state index contributed by atoms with van der Waals surface area (Å²) in [5, 5.41) is 0. The fourth-order valence-corrected chi connectivity index (χ4v) is 3.24. The summed E-state index contributed by atoms with van der Waals surface area (Å²) in [4.78, 5) is 11.6. The third kappa shape index (κ3) is 3.41. The van der Waals surface area contributed by atoms with E-state index >= 15 is 0 Å². The van der Waals surface area contributed by atoms with E-state index in [1.807, 2.05) is 60.7 Å². The molecule has 2 aromatic carbocycles. The Morgan fingerprint density at radius 3 is 1.50 bits per heavy atom. The van der Waals surface area contributed by atoms with Crippen molar-refractivity contribution in [2.75, 3.05) is 0 Å². The van der Waals surface area contributed by atoms with Crippen LogP contribution in [0.25, 0.3) is 0 Å². The Labute approximate surface area is 139 Å². The standard InChI is InChI=1S/C14H13O4P.Na/c15-19(16)17-13(11-7-3-1-4-8-11)14(18-19)12-9-5-2-6-10-12;/h1-10,13-14H,(H,15,16);/q;+1/p-1. The van der Waals surface area contributed by atoms with Crippen LogP contribution in [0.1, 0.15) is 23.3 Å². The molecular formula is C14H12NaO4P. The van der Waals surface area contributed by atoms with E-state index < -0.39 is 20.0 Å². The van der Waals surface area contributed by atoms with Gasteiger partial charge in [0.05, 0.1) is 0 Å². The molecular weight excluding hydrogens is 286 g/mol. The molecule has 0 N–H and O–H groups in total. The van der Waals surface area contributed by atoms with Gasteiger partial charge in [-0.2, -0.15) is 0 Å². The first kappa shape index (κ1) is 15.9. The van der Waals surface area contributed by atoms with E-state index in [-0.39, 0.29) is 29.6 Å². The fourth-order valence-electron chi connectivity index (χ4n) is 2.17. The summed E-state index contributed by atoms with van der Waals surface area (Å²) in [5.41, 5.74) is 1.56. The minimum absolute atomic E-state index is 0. The number of rotatable bonds is 2. The number of benzene rings is 2. The molecule has 0 radical (unpaired) electrons. The zero-order chi connectivity index (χ0) is 13.3. The van der Waals surface area contributed by atoms with E-state index in [2.05, 4.69) is 0 Å². The van der Waals surface area contributed by atoms with Crippen LogP contribution in [0.4, 0.5) is 0 Å². The van der Waals surface area contributed by atoms with Crippen molar-refractivity contribution in [2.45, 2.75) is 12.2 Å². The van der Waals surface area contributed by atoms with Crippen LogP contribution >= 0.6 is 7.82 Å². The van der Waals surface area contributed by atoms with Gasteiger partial charge in [0.1, 0.15) is 12.2 Å². The molecule has 0 amide bonds. The summed E-state index contributed by atoms with van der Waals surface area (Å²) in [7, 11) is -4.24. The van der Waals surface area contributed by atoms with Crippen molar-refractivity contribution >= 4 is 7.82 Å². The van der Waals surface area contributed by atoms with Gasteiger partial charge in [0.15, 0.2) is 0 Å². The molecule has 0 spiro atoms. The third-order valence-corrected chi connectivity index (χ3v) is 3.99.